The zero-order valence-corrected chi connectivity index (χ0v) is 17.2. The van der Waals surface area contributed by atoms with Gasteiger partial charge in [-0.25, -0.2) is 9.97 Å². The second-order valence-corrected chi connectivity index (χ2v) is 9.21. The standard InChI is InChI=1S/C18H31N5O2S/c1-5-22(6-2)26(24,25)23-12-7-9-15(13-23)17-19-14(3)16-10-8-11-21(4)18(16)20-17/h15H,5-13H2,1-4H3. The van der Waals surface area contributed by atoms with Gasteiger partial charge in [0.25, 0.3) is 10.2 Å². The van der Waals surface area contributed by atoms with Gasteiger partial charge in [0, 0.05) is 56.9 Å². The van der Waals surface area contributed by atoms with Gasteiger partial charge in [0.2, 0.25) is 0 Å². The van der Waals surface area contributed by atoms with E-state index < -0.39 is 10.2 Å². The number of aryl methyl sites for hydroxylation is 1. The predicted molar refractivity (Wildman–Crippen MR) is 104 cm³/mol. The minimum Gasteiger partial charge on any atom is -0.359 e. The number of hydrogen-bond donors (Lipinski definition) is 0. The molecule has 2 aliphatic rings. The smallest absolute Gasteiger partial charge is 0.281 e. The highest BCUT2D eigenvalue weighted by atomic mass is 32.2. The van der Waals surface area contributed by atoms with Crippen LogP contribution in [0.4, 0.5) is 5.82 Å². The highest BCUT2D eigenvalue weighted by molar-refractivity contribution is 7.86. The van der Waals surface area contributed by atoms with E-state index in [2.05, 4.69) is 18.9 Å². The van der Waals surface area contributed by atoms with Crippen molar-refractivity contribution in [3.8, 4) is 0 Å². The fourth-order valence-electron chi connectivity index (χ4n) is 4.07. The zero-order chi connectivity index (χ0) is 18.9. The summed E-state index contributed by atoms with van der Waals surface area (Å²) >= 11 is 0. The summed E-state index contributed by atoms with van der Waals surface area (Å²) in [5.41, 5.74) is 2.28. The molecular formula is C18H31N5O2S. The predicted octanol–water partition coefficient (Wildman–Crippen LogP) is 1.93. The Morgan fingerprint density at radius 2 is 1.88 bits per heavy atom. The first kappa shape index (κ1) is 19.5. The Balaban J connectivity index is 1.86. The van der Waals surface area contributed by atoms with E-state index in [4.69, 9.17) is 9.97 Å². The van der Waals surface area contributed by atoms with Crippen LogP contribution >= 0.6 is 0 Å². The van der Waals surface area contributed by atoms with Crippen molar-refractivity contribution in [3.63, 3.8) is 0 Å². The molecule has 7 nitrogen and oxygen atoms in total. The fourth-order valence-corrected chi connectivity index (χ4v) is 5.78. The molecule has 1 saturated heterocycles. The summed E-state index contributed by atoms with van der Waals surface area (Å²) in [6, 6.07) is 0. The lowest BCUT2D eigenvalue weighted by Crippen LogP contribution is -2.47. The highest BCUT2D eigenvalue weighted by Gasteiger charge is 2.34. The van der Waals surface area contributed by atoms with Gasteiger partial charge in [0.15, 0.2) is 0 Å². The minimum atomic E-state index is -3.40. The third-order valence-electron chi connectivity index (χ3n) is 5.60. The third kappa shape index (κ3) is 3.59. The van der Waals surface area contributed by atoms with E-state index in [0.717, 1.165) is 49.6 Å². The van der Waals surface area contributed by atoms with Crippen molar-refractivity contribution >= 4 is 16.0 Å². The monoisotopic (exact) mass is 381 g/mol. The van der Waals surface area contributed by atoms with Gasteiger partial charge >= 0.3 is 0 Å². The largest absolute Gasteiger partial charge is 0.359 e. The average molecular weight is 382 g/mol. The summed E-state index contributed by atoms with van der Waals surface area (Å²) in [7, 11) is -1.33. The molecule has 3 rings (SSSR count). The van der Waals surface area contributed by atoms with Crippen LogP contribution in [0.5, 0.6) is 0 Å². The van der Waals surface area contributed by atoms with Crippen molar-refractivity contribution in [1.29, 1.82) is 0 Å². The maximum atomic E-state index is 12.9. The third-order valence-corrected chi connectivity index (χ3v) is 7.75. The van der Waals surface area contributed by atoms with E-state index in [1.165, 1.54) is 9.87 Å². The lowest BCUT2D eigenvalue weighted by Gasteiger charge is -2.35. The van der Waals surface area contributed by atoms with Crippen LogP contribution in [0.15, 0.2) is 0 Å². The lowest BCUT2D eigenvalue weighted by atomic mass is 9.97. The summed E-state index contributed by atoms with van der Waals surface area (Å²) in [4.78, 5) is 11.8. The topological polar surface area (TPSA) is 69.6 Å². The molecule has 146 valence electrons. The van der Waals surface area contributed by atoms with Gasteiger partial charge in [0.1, 0.15) is 11.6 Å². The number of rotatable bonds is 5. The fraction of sp³-hybridized carbons (Fsp3) is 0.778. The lowest BCUT2D eigenvalue weighted by molar-refractivity contribution is 0.283. The zero-order valence-electron chi connectivity index (χ0n) is 16.4. The maximum Gasteiger partial charge on any atom is 0.281 e. The molecule has 3 heterocycles. The SMILES string of the molecule is CCN(CC)S(=O)(=O)N1CCCC(c2nc(C)c3c(n2)N(C)CCC3)C1. The molecule has 1 atom stereocenters. The molecule has 0 spiro atoms. The van der Waals surface area contributed by atoms with E-state index in [9.17, 15) is 8.42 Å². The number of anilines is 1. The Hall–Kier alpha value is -1.25. The Morgan fingerprint density at radius 1 is 1.15 bits per heavy atom. The molecular weight excluding hydrogens is 350 g/mol. The second kappa shape index (κ2) is 7.78. The Morgan fingerprint density at radius 3 is 2.58 bits per heavy atom. The van der Waals surface area contributed by atoms with Crippen LogP contribution < -0.4 is 4.90 Å². The van der Waals surface area contributed by atoms with Crippen LogP contribution in [0.1, 0.15) is 56.1 Å². The van der Waals surface area contributed by atoms with Crippen molar-refractivity contribution in [2.24, 2.45) is 0 Å². The molecule has 8 heteroatoms. The van der Waals surface area contributed by atoms with E-state index >= 15 is 0 Å². The van der Waals surface area contributed by atoms with Gasteiger partial charge < -0.3 is 4.90 Å². The van der Waals surface area contributed by atoms with Crippen LogP contribution in [0.2, 0.25) is 0 Å². The van der Waals surface area contributed by atoms with Gasteiger partial charge in [-0.2, -0.15) is 17.0 Å². The first-order valence-corrected chi connectivity index (χ1v) is 11.1. The summed E-state index contributed by atoms with van der Waals surface area (Å²) < 4.78 is 28.9. The summed E-state index contributed by atoms with van der Waals surface area (Å²) in [6.07, 6.45) is 3.94. The number of aromatic nitrogens is 2. The van der Waals surface area contributed by atoms with Gasteiger partial charge in [-0.15, -0.1) is 0 Å². The minimum absolute atomic E-state index is 0.0633. The molecule has 26 heavy (non-hydrogen) atoms. The number of fused-ring (bicyclic) bond motifs is 1. The molecule has 1 aromatic heterocycles. The summed E-state index contributed by atoms with van der Waals surface area (Å²) in [5, 5.41) is 0. The molecule has 2 aliphatic heterocycles. The van der Waals surface area contributed by atoms with Crippen LogP contribution in [-0.4, -0.2) is 66.8 Å². The molecule has 1 fully saturated rings. The van der Waals surface area contributed by atoms with Crippen molar-refractivity contribution < 1.29 is 8.42 Å². The molecule has 0 N–H and O–H groups in total. The first-order valence-electron chi connectivity index (χ1n) is 9.72. The van der Waals surface area contributed by atoms with Crippen LogP contribution in [0, 0.1) is 6.92 Å². The van der Waals surface area contributed by atoms with Crippen LogP contribution in [-0.2, 0) is 16.6 Å². The second-order valence-electron chi connectivity index (χ2n) is 7.28. The molecule has 0 bridgehead atoms. The van der Waals surface area contributed by atoms with Crippen LogP contribution in [0.25, 0.3) is 0 Å². The van der Waals surface area contributed by atoms with Crippen molar-refractivity contribution in [3.05, 3.63) is 17.1 Å². The van der Waals surface area contributed by atoms with Gasteiger partial charge in [0.05, 0.1) is 0 Å². The molecule has 0 radical (unpaired) electrons. The molecule has 0 saturated carbocycles. The van der Waals surface area contributed by atoms with Crippen molar-refractivity contribution in [1.82, 2.24) is 18.6 Å². The van der Waals surface area contributed by atoms with E-state index in [-0.39, 0.29) is 5.92 Å². The normalized spacial score (nSPS) is 21.9. The van der Waals surface area contributed by atoms with Gasteiger partial charge in [-0.05, 0) is 32.6 Å². The summed E-state index contributed by atoms with van der Waals surface area (Å²) in [5.74, 6) is 1.89. The van der Waals surface area contributed by atoms with E-state index in [1.807, 2.05) is 13.8 Å². The van der Waals surface area contributed by atoms with Gasteiger partial charge in [-0.1, -0.05) is 13.8 Å². The van der Waals surface area contributed by atoms with E-state index in [1.54, 1.807) is 4.31 Å². The quantitative estimate of drug-likeness (QED) is 0.779. The number of nitrogens with zero attached hydrogens (tertiary/aromatic N) is 5. The Kier molecular flexibility index (Phi) is 5.84. The molecule has 0 aromatic carbocycles. The van der Waals surface area contributed by atoms with E-state index in [0.29, 0.717) is 26.2 Å². The van der Waals surface area contributed by atoms with Crippen molar-refractivity contribution in [2.75, 3.05) is 44.7 Å². The van der Waals surface area contributed by atoms with Crippen LogP contribution in [0.3, 0.4) is 0 Å². The first-order chi connectivity index (χ1) is 12.4. The molecule has 1 unspecified atom stereocenters. The Labute approximate surface area is 157 Å². The highest BCUT2D eigenvalue weighted by Crippen LogP contribution is 2.32. The number of piperidine rings is 1. The summed E-state index contributed by atoms with van der Waals surface area (Å²) in [6.45, 7) is 8.88. The molecule has 1 aromatic rings. The maximum absolute atomic E-state index is 12.9. The molecule has 0 amide bonds. The number of hydrogen-bond acceptors (Lipinski definition) is 5. The van der Waals surface area contributed by atoms with Crippen molar-refractivity contribution in [2.45, 2.75) is 52.4 Å². The van der Waals surface area contributed by atoms with Gasteiger partial charge in [-0.3, -0.25) is 0 Å². The average Bonchev–Trinajstić information content (AvgIpc) is 2.63. The Bertz CT molecular complexity index is 748. The molecule has 0 aliphatic carbocycles.